The van der Waals surface area contributed by atoms with Gasteiger partial charge in [-0.15, -0.1) is 0 Å². The number of halogens is 2. The molecule has 1 aromatic rings. The number of benzene rings is 1. The molecule has 1 atom stereocenters. The summed E-state index contributed by atoms with van der Waals surface area (Å²) < 4.78 is 0. The molecule has 1 unspecified atom stereocenters. The van der Waals surface area contributed by atoms with Crippen LogP contribution in [0, 0.1) is 0 Å². The smallest absolute Gasteiger partial charge is 0.157 e. The fourth-order valence-corrected chi connectivity index (χ4v) is 3.41. The van der Waals surface area contributed by atoms with E-state index in [1.807, 2.05) is 0 Å². The fraction of sp³-hybridized carbons (Fsp3) is 0.588. The first-order chi connectivity index (χ1) is 9.97. The van der Waals surface area contributed by atoms with Crippen molar-refractivity contribution >= 4 is 29.0 Å². The normalized spacial score (nSPS) is 19.2. The second-order valence-corrected chi connectivity index (χ2v) is 6.85. The number of carbonyl (C=O) groups is 1. The van der Waals surface area contributed by atoms with E-state index < -0.39 is 5.54 Å². The average molecular weight is 328 g/mol. The van der Waals surface area contributed by atoms with Gasteiger partial charge < -0.3 is 0 Å². The van der Waals surface area contributed by atoms with Gasteiger partial charge in [0, 0.05) is 16.5 Å². The highest BCUT2D eigenvalue weighted by molar-refractivity contribution is 6.33. The van der Waals surface area contributed by atoms with Crippen molar-refractivity contribution < 1.29 is 4.79 Å². The molecule has 0 aliphatic carbocycles. The zero-order chi connectivity index (χ0) is 15.5. The Labute approximate surface area is 137 Å². The molecule has 0 N–H and O–H groups in total. The predicted molar refractivity (Wildman–Crippen MR) is 89.3 cm³/mol. The highest BCUT2D eigenvalue weighted by atomic mass is 35.5. The van der Waals surface area contributed by atoms with Crippen LogP contribution >= 0.6 is 23.2 Å². The van der Waals surface area contributed by atoms with E-state index >= 15 is 0 Å². The molecule has 2 nitrogen and oxygen atoms in total. The summed E-state index contributed by atoms with van der Waals surface area (Å²) >= 11 is 12.2. The molecular weight excluding hydrogens is 305 g/mol. The average Bonchev–Trinajstić information content (AvgIpc) is 2.51. The predicted octanol–water partition coefficient (Wildman–Crippen LogP) is 4.76. The molecule has 1 saturated heterocycles. The lowest BCUT2D eigenvalue weighted by atomic mass is 9.86. The number of likely N-dealkylation sites (tertiary alicyclic amines) is 1. The molecule has 1 aromatic carbocycles. The van der Waals surface area contributed by atoms with Gasteiger partial charge in [-0.25, -0.2) is 0 Å². The van der Waals surface area contributed by atoms with Gasteiger partial charge in [-0.3, -0.25) is 9.69 Å². The van der Waals surface area contributed by atoms with Crippen LogP contribution in [0.3, 0.4) is 0 Å². The van der Waals surface area contributed by atoms with Crippen molar-refractivity contribution in [2.45, 2.75) is 51.5 Å². The first-order valence-corrected chi connectivity index (χ1v) is 8.45. The molecule has 4 heteroatoms. The maximum atomic E-state index is 12.9. The van der Waals surface area contributed by atoms with Crippen LogP contribution in [0.15, 0.2) is 18.2 Å². The number of hydrogen-bond acceptors (Lipinski definition) is 2. The quantitative estimate of drug-likeness (QED) is 0.777. The van der Waals surface area contributed by atoms with Crippen molar-refractivity contribution in [1.29, 1.82) is 0 Å². The van der Waals surface area contributed by atoms with Crippen molar-refractivity contribution in [3.63, 3.8) is 0 Å². The van der Waals surface area contributed by atoms with Crippen LogP contribution in [0.2, 0.25) is 10.0 Å². The molecule has 21 heavy (non-hydrogen) atoms. The molecule has 2 rings (SSSR count). The standard InChI is InChI=1S/C17H23Cl2NO/c1-3-17(2,20-9-5-4-6-10-20)16(21)12-13-11-14(18)7-8-15(13)19/h7-8,11H,3-6,9-10,12H2,1-2H3. The SMILES string of the molecule is CCC(C)(C(=O)Cc1cc(Cl)ccc1Cl)N1CCCCC1. The number of rotatable bonds is 5. The Kier molecular flexibility index (Phi) is 5.70. The van der Waals surface area contributed by atoms with Crippen LogP contribution in [0.1, 0.15) is 45.1 Å². The van der Waals surface area contributed by atoms with E-state index in [-0.39, 0.29) is 5.78 Å². The minimum atomic E-state index is -0.397. The maximum absolute atomic E-state index is 12.9. The lowest BCUT2D eigenvalue weighted by Crippen LogP contribution is -2.54. The first kappa shape index (κ1) is 16.8. The zero-order valence-electron chi connectivity index (χ0n) is 12.8. The summed E-state index contributed by atoms with van der Waals surface area (Å²) in [7, 11) is 0. The number of hydrogen-bond donors (Lipinski definition) is 0. The van der Waals surface area contributed by atoms with Crippen LogP contribution in [0.25, 0.3) is 0 Å². The van der Waals surface area contributed by atoms with Crippen LogP contribution in [0.4, 0.5) is 0 Å². The van der Waals surface area contributed by atoms with Gasteiger partial charge in [-0.05, 0) is 63.0 Å². The summed E-state index contributed by atoms with van der Waals surface area (Å²) in [5.74, 6) is 0.232. The molecular formula is C17H23Cl2NO. The summed E-state index contributed by atoms with van der Waals surface area (Å²) in [5.41, 5.74) is 0.428. The molecule has 1 heterocycles. The Hall–Kier alpha value is -0.570. The van der Waals surface area contributed by atoms with Gasteiger partial charge in [0.15, 0.2) is 5.78 Å². The highest BCUT2D eigenvalue weighted by Crippen LogP contribution is 2.28. The van der Waals surface area contributed by atoms with E-state index in [1.165, 1.54) is 19.3 Å². The molecule has 1 aliphatic rings. The molecule has 0 saturated carbocycles. The van der Waals surface area contributed by atoms with E-state index in [2.05, 4.69) is 18.7 Å². The van der Waals surface area contributed by atoms with Crippen molar-refractivity contribution in [3.8, 4) is 0 Å². The Morgan fingerprint density at radius 3 is 2.52 bits per heavy atom. The molecule has 1 fully saturated rings. The van der Waals surface area contributed by atoms with Gasteiger partial charge in [-0.2, -0.15) is 0 Å². The van der Waals surface area contributed by atoms with Gasteiger partial charge in [0.25, 0.3) is 0 Å². The van der Waals surface area contributed by atoms with Crippen molar-refractivity contribution in [3.05, 3.63) is 33.8 Å². The molecule has 0 aromatic heterocycles. The Morgan fingerprint density at radius 2 is 1.90 bits per heavy atom. The van der Waals surface area contributed by atoms with E-state index in [4.69, 9.17) is 23.2 Å². The summed E-state index contributed by atoms with van der Waals surface area (Å²) in [5, 5.41) is 1.24. The molecule has 116 valence electrons. The second-order valence-electron chi connectivity index (χ2n) is 6.01. The maximum Gasteiger partial charge on any atom is 0.157 e. The van der Waals surface area contributed by atoms with Crippen LogP contribution < -0.4 is 0 Å². The second kappa shape index (κ2) is 7.13. The summed E-state index contributed by atoms with van der Waals surface area (Å²) in [6.45, 7) is 6.18. The van der Waals surface area contributed by atoms with Gasteiger partial charge in [-0.1, -0.05) is 36.5 Å². The Balaban J connectivity index is 2.17. The van der Waals surface area contributed by atoms with Crippen molar-refractivity contribution in [1.82, 2.24) is 4.90 Å². The van der Waals surface area contributed by atoms with Crippen LogP contribution in [-0.4, -0.2) is 29.3 Å². The topological polar surface area (TPSA) is 20.3 Å². The Bertz CT molecular complexity index is 512. The fourth-order valence-electron chi connectivity index (χ4n) is 3.03. The largest absolute Gasteiger partial charge is 0.297 e. The summed E-state index contributed by atoms with van der Waals surface area (Å²) in [6, 6.07) is 5.31. The third-order valence-electron chi connectivity index (χ3n) is 4.70. The van der Waals surface area contributed by atoms with E-state index in [0.717, 1.165) is 25.1 Å². The minimum Gasteiger partial charge on any atom is -0.297 e. The monoisotopic (exact) mass is 327 g/mol. The number of Topliss-reactive ketones (excluding diaryl/α,β-unsaturated/α-hetero) is 1. The molecule has 0 bridgehead atoms. The molecule has 1 aliphatic heterocycles. The third-order valence-corrected chi connectivity index (χ3v) is 5.31. The molecule has 0 radical (unpaired) electrons. The lowest BCUT2D eigenvalue weighted by Gasteiger charge is -2.42. The number of carbonyl (C=O) groups excluding carboxylic acids is 1. The highest BCUT2D eigenvalue weighted by Gasteiger charge is 2.37. The van der Waals surface area contributed by atoms with Crippen molar-refractivity contribution in [2.24, 2.45) is 0 Å². The van der Waals surface area contributed by atoms with Crippen molar-refractivity contribution in [2.75, 3.05) is 13.1 Å². The Morgan fingerprint density at radius 1 is 1.24 bits per heavy atom. The van der Waals surface area contributed by atoms with Crippen LogP contribution in [0.5, 0.6) is 0 Å². The van der Waals surface area contributed by atoms with E-state index in [9.17, 15) is 4.79 Å². The van der Waals surface area contributed by atoms with E-state index in [1.54, 1.807) is 18.2 Å². The van der Waals surface area contributed by atoms with Gasteiger partial charge in [0.05, 0.1) is 5.54 Å². The van der Waals surface area contributed by atoms with Crippen LogP contribution in [-0.2, 0) is 11.2 Å². The molecule has 0 amide bonds. The van der Waals surface area contributed by atoms with Gasteiger partial charge in [0.2, 0.25) is 0 Å². The summed E-state index contributed by atoms with van der Waals surface area (Å²) in [4.78, 5) is 15.2. The summed E-state index contributed by atoms with van der Waals surface area (Å²) in [6.07, 6.45) is 4.80. The van der Waals surface area contributed by atoms with E-state index in [0.29, 0.717) is 16.5 Å². The van der Waals surface area contributed by atoms with Gasteiger partial charge in [0.1, 0.15) is 0 Å². The third kappa shape index (κ3) is 3.80. The first-order valence-electron chi connectivity index (χ1n) is 7.69. The lowest BCUT2D eigenvalue weighted by molar-refractivity contribution is -0.130. The number of piperidine rings is 1. The minimum absolute atomic E-state index is 0.232. The van der Waals surface area contributed by atoms with Gasteiger partial charge >= 0.3 is 0 Å². The number of nitrogens with zero attached hydrogens (tertiary/aromatic N) is 1. The molecule has 0 spiro atoms. The zero-order valence-corrected chi connectivity index (χ0v) is 14.3. The number of ketones is 1.